The van der Waals surface area contributed by atoms with Gasteiger partial charge in [-0.05, 0) is 71.8 Å². The van der Waals surface area contributed by atoms with Gasteiger partial charge in [-0.25, -0.2) is 8.78 Å². The molecular weight excluding hydrogens is 679 g/mol. The monoisotopic (exact) mass is 718 g/mol. The number of benzene rings is 4. The topological polar surface area (TPSA) is 67.7 Å². The first-order valence-electron chi connectivity index (χ1n) is 17.2. The maximum absolute atomic E-state index is 14.6. The van der Waals surface area contributed by atoms with Crippen LogP contribution in [0.3, 0.4) is 0 Å². The van der Waals surface area contributed by atoms with Crippen molar-refractivity contribution in [3.63, 3.8) is 0 Å². The van der Waals surface area contributed by atoms with E-state index in [1.54, 1.807) is 35.9 Å². The number of carbonyl (C=O) groups excluding carboxylic acids is 1. The van der Waals surface area contributed by atoms with E-state index < -0.39 is 28.9 Å². The van der Waals surface area contributed by atoms with Crippen molar-refractivity contribution in [2.45, 2.75) is 51.0 Å². The van der Waals surface area contributed by atoms with Gasteiger partial charge in [-0.3, -0.25) is 9.59 Å². The number of halogens is 5. The van der Waals surface area contributed by atoms with E-state index in [0.717, 1.165) is 61.8 Å². The number of amides is 1. The second kappa shape index (κ2) is 16.2. The maximum Gasteiger partial charge on any atom is 0.416 e. The van der Waals surface area contributed by atoms with Gasteiger partial charge in [0.1, 0.15) is 12.4 Å². The minimum atomic E-state index is -4.42. The van der Waals surface area contributed by atoms with Gasteiger partial charge in [0.2, 0.25) is 5.91 Å². The average molecular weight is 719 g/mol. The standard InChI is InChI=1S/C40H39F5N4O3/c1-52-24-23-47-21-19-32(20-22-47)48(25-27-9-11-28(12-10-27)29-13-16-31(17-14-29)40(43,44)45)37(50)26-49-35-8-3-2-6-33(35)39(51)46-36(49)18-15-30-5-4-7-34(41)38(30)42/h2-14,16-17,32H,15,18-26H2,1H3. The van der Waals surface area contributed by atoms with Crippen LogP contribution in [0, 0.1) is 11.6 Å². The summed E-state index contributed by atoms with van der Waals surface area (Å²) in [5.74, 6) is -1.83. The van der Waals surface area contributed by atoms with Gasteiger partial charge in [0, 0.05) is 45.8 Å². The zero-order valence-electron chi connectivity index (χ0n) is 28.7. The van der Waals surface area contributed by atoms with Crippen molar-refractivity contribution in [2.24, 2.45) is 0 Å². The SMILES string of the molecule is COCCN1CCC(N(Cc2ccc(-c3ccc(C(F)(F)F)cc3)cc2)C(=O)Cn2c(CCc3cccc(F)c3F)nc(=O)c3ccccc32)CC1. The fourth-order valence-electron chi connectivity index (χ4n) is 6.79. The summed E-state index contributed by atoms with van der Waals surface area (Å²) in [5, 5.41) is 0.341. The number of alkyl halides is 3. The lowest BCUT2D eigenvalue weighted by atomic mass is 10.00. The van der Waals surface area contributed by atoms with Crippen LogP contribution < -0.4 is 5.56 Å². The van der Waals surface area contributed by atoms with Crippen molar-refractivity contribution < 1.29 is 31.5 Å². The Labute approximate surface area is 298 Å². The highest BCUT2D eigenvalue weighted by atomic mass is 19.4. The minimum Gasteiger partial charge on any atom is -0.383 e. The number of fused-ring (bicyclic) bond motifs is 1. The molecule has 1 saturated heterocycles. The van der Waals surface area contributed by atoms with Crippen molar-refractivity contribution in [3.8, 4) is 11.1 Å². The summed E-state index contributed by atoms with van der Waals surface area (Å²) in [7, 11) is 1.66. The van der Waals surface area contributed by atoms with Gasteiger partial charge in [-0.1, -0.05) is 60.7 Å². The molecule has 0 radical (unpaired) electrons. The first-order chi connectivity index (χ1) is 25.0. The fraction of sp³-hybridized carbons (Fsp3) is 0.325. The van der Waals surface area contributed by atoms with Crippen LogP contribution in [0.25, 0.3) is 22.0 Å². The van der Waals surface area contributed by atoms with E-state index in [0.29, 0.717) is 23.1 Å². The number of para-hydroxylation sites is 1. The molecule has 7 nitrogen and oxygen atoms in total. The molecule has 1 fully saturated rings. The molecule has 0 saturated carbocycles. The zero-order chi connectivity index (χ0) is 36.8. The number of ether oxygens (including phenoxy) is 1. The lowest BCUT2D eigenvalue weighted by Crippen LogP contribution is -2.48. The van der Waals surface area contributed by atoms with Crippen molar-refractivity contribution in [3.05, 3.63) is 135 Å². The van der Waals surface area contributed by atoms with Crippen LogP contribution in [0.4, 0.5) is 22.0 Å². The summed E-state index contributed by atoms with van der Waals surface area (Å²) >= 11 is 0. The molecule has 52 heavy (non-hydrogen) atoms. The van der Waals surface area contributed by atoms with E-state index in [9.17, 15) is 31.5 Å². The summed E-state index contributed by atoms with van der Waals surface area (Å²) < 4.78 is 74.8. The Balaban J connectivity index is 1.28. The van der Waals surface area contributed by atoms with Gasteiger partial charge in [-0.2, -0.15) is 18.2 Å². The normalized spacial score (nSPS) is 14.2. The molecule has 4 aromatic carbocycles. The molecule has 1 aromatic heterocycles. The molecule has 0 aliphatic carbocycles. The molecule has 0 unspecified atom stereocenters. The lowest BCUT2D eigenvalue weighted by molar-refractivity contribution is -0.137. The van der Waals surface area contributed by atoms with Gasteiger partial charge >= 0.3 is 6.18 Å². The van der Waals surface area contributed by atoms with Gasteiger partial charge in [-0.15, -0.1) is 0 Å². The Hall–Kier alpha value is -4.94. The number of carbonyl (C=O) groups is 1. The molecule has 272 valence electrons. The maximum atomic E-state index is 14.6. The number of rotatable bonds is 12. The third-order valence-corrected chi connectivity index (χ3v) is 9.69. The van der Waals surface area contributed by atoms with E-state index in [-0.39, 0.29) is 49.3 Å². The fourth-order valence-corrected chi connectivity index (χ4v) is 6.79. The molecule has 12 heteroatoms. The second-order valence-electron chi connectivity index (χ2n) is 13.0. The highest BCUT2D eigenvalue weighted by Crippen LogP contribution is 2.31. The van der Waals surface area contributed by atoms with Gasteiger partial charge < -0.3 is 19.1 Å². The minimum absolute atomic E-state index is 0.0670. The van der Waals surface area contributed by atoms with Crippen LogP contribution in [0.2, 0.25) is 0 Å². The summed E-state index contributed by atoms with van der Waals surface area (Å²) in [6.45, 7) is 3.09. The third kappa shape index (κ3) is 8.56. The zero-order valence-corrected chi connectivity index (χ0v) is 28.7. The largest absolute Gasteiger partial charge is 0.416 e. The summed E-state index contributed by atoms with van der Waals surface area (Å²) in [5.41, 5.74) is 1.69. The first kappa shape index (κ1) is 36.8. The van der Waals surface area contributed by atoms with Crippen LogP contribution in [0.1, 0.15) is 35.4 Å². The molecule has 6 rings (SSSR count). The molecule has 2 heterocycles. The van der Waals surface area contributed by atoms with Crippen LogP contribution in [-0.2, 0) is 41.6 Å². The number of likely N-dealkylation sites (tertiary alicyclic amines) is 1. The van der Waals surface area contributed by atoms with Crippen molar-refractivity contribution in [1.29, 1.82) is 0 Å². The molecule has 0 atom stereocenters. The summed E-state index contributed by atoms with van der Waals surface area (Å²) in [4.78, 5) is 36.0. The Morgan fingerprint density at radius 3 is 2.23 bits per heavy atom. The van der Waals surface area contributed by atoms with Crippen molar-refractivity contribution >= 4 is 16.8 Å². The Bertz CT molecular complexity index is 2060. The molecule has 1 aliphatic heterocycles. The molecular formula is C40H39F5N4O3. The van der Waals surface area contributed by atoms with Crippen LogP contribution in [0.15, 0.2) is 95.8 Å². The number of nitrogens with zero attached hydrogens (tertiary/aromatic N) is 4. The highest BCUT2D eigenvalue weighted by molar-refractivity contribution is 5.82. The summed E-state index contributed by atoms with van der Waals surface area (Å²) in [6, 6.07) is 23.1. The van der Waals surface area contributed by atoms with E-state index in [1.807, 2.05) is 29.2 Å². The molecule has 1 aliphatic rings. The molecule has 5 aromatic rings. The van der Waals surface area contributed by atoms with Crippen LogP contribution >= 0.6 is 0 Å². The molecule has 1 amide bonds. The average Bonchev–Trinajstić information content (AvgIpc) is 3.15. The molecule has 0 spiro atoms. The highest BCUT2D eigenvalue weighted by Gasteiger charge is 2.31. The third-order valence-electron chi connectivity index (χ3n) is 9.69. The predicted molar refractivity (Wildman–Crippen MR) is 189 cm³/mol. The van der Waals surface area contributed by atoms with Crippen molar-refractivity contribution in [2.75, 3.05) is 33.4 Å². The predicted octanol–water partition coefficient (Wildman–Crippen LogP) is 7.29. The number of piperidine rings is 1. The Kier molecular flexibility index (Phi) is 11.5. The lowest BCUT2D eigenvalue weighted by Gasteiger charge is -2.39. The van der Waals surface area contributed by atoms with Crippen LogP contribution in [0.5, 0.6) is 0 Å². The number of hydrogen-bond donors (Lipinski definition) is 0. The Morgan fingerprint density at radius 2 is 1.56 bits per heavy atom. The number of hydrogen-bond acceptors (Lipinski definition) is 5. The quantitative estimate of drug-likeness (QED) is 0.127. The first-order valence-corrected chi connectivity index (χ1v) is 17.2. The number of methoxy groups -OCH3 is 1. The second-order valence-corrected chi connectivity index (χ2v) is 13.0. The van der Waals surface area contributed by atoms with Crippen molar-refractivity contribution in [1.82, 2.24) is 19.4 Å². The van der Waals surface area contributed by atoms with E-state index in [1.165, 1.54) is 24.3 Å². The van der Waals surface area contributed by atoms with E-state index in [2.05, 4.69) is 9.88 Å². The van der Waals surface area contributed by atoms with E-state index >= 15 is 0 Å². The molecule has 0 bridgehead atoms. The smallest absolute Gasteiger partial charge is 0.383 e. The van der Waals surface area contributed by atoms with Crippen LogP contribution in [-0.4, -0.2) is 64.7 Å². The molecule has 0 N–H and O–H groups in total. The van der Waals surface area contributed by atoms with Gasteiger partial charge in [0.25, 0.3) is 5.56 Å². The van der Waals surface area contributed by atoms with E-state index in [4.69, 9.17) is 4.74 Å². The number of aromatic nitrogens is 2. The van der Waals surface area contributed by atoms with Gasteiger partial charge in [0.15, 0.2) is 11.6 Å². The summed E-state index contributed by atoms with van der Waals surface area (Å²) in [6.07, 6.45) is -2.80. The van der Waals surface area contributed by atoms with Gasteiger partial charge in [0.05, 0.1) is 23.1 Å². The Morgan fingerprint density at radius 1 is 0.885 bits per heavy atom. The number of aryl methyl sites for hydroxylation is 2.